The molecule has 10 rings (SSSR count). The van der Waals surface area contributed by atoms with E-state index >= 15 is 70.2 Å². The Hall–Kier alpha value is -10.6. The first-order valence-electron chi connectivity index (χ1n) is 27.6. The third-order valence-electron chi connectivity index (χ3n) is 15.8. The first kappa shape index (κ1) is 83.7. The van der Waals surface area contributed by atoms with Gasteiger partial charge in [0.2, 0.25) is 0 Å². The standard InChI is InChI=1S/2C24BF20.C9H14N.C6H8N/c2*26-5-1(6(27)14(35)21(42)13(5)34)25(2-7(28)15(36)22(43)16(37)8(2)29,3-9(30)17(38)23(44)18(39)10(3)31)4-11(32)19(40)24(45)20(41)12(4)33;1-10(2,3)9-7-5-4-6-8-9;1-7-5-3-2-4-6-7/h;;4-8H,1-3H3;2-6H,1H3/q2*-1;2*+1. The van der Waals surface area contributed by atoms with E-state index < -0.39 is 289 Å². The Kier molecular flexibility index (Phi) is 23.7. The number of benzene rings is 9. The van der Waals surface area contributed by atoms with Crippen LogP contribution in [-0.2, 0) is 7.05 Å². The van der Waals surface area contributed by atoms with Crippen molar-refractivity contribution in [1.29, 1.82) is 0 Å². The second kappa shape index (κ2) is 30.3. The maximum Gasteiger partial charge on any atom is 0.200 e. The molecule has 0 saturated carbocycles. The molecule has 0 atom stereocenters. The van der Waals surface area contributed by atoms with Crippen molar-refractivity contribution < 1.29 is 180 Å². The van der Waals surface area contributed by atoms with Crippen LogP contribution in [0.2, 0.25) is 0 Å². The molecule has 570 valence electrons. The van der Waals surface area contributed by atoms with E-state index in [-0.39, 0.29) is 0 Å². The van der Waals surface area contributed by atoms with Gasteiger partial charge in [-0.3, -0.25) is 4.48 Å². The molecule has 0 aliphatic carbocycles. The Balaban J connectivity index is 0.000000243. The van der Waals surface area contributed by atoms with Crippen LogP contribution in [0.3, 0.4) is 0 Å². The van der Waals surface area contributed by atoms with Crippen molar-refractivity contribution >= 4 is 61.7 Å². The van der Waals surface area contributed by atoms with E-state index in [9.17, 15) is 105 Å². The first-order chi connectivity index (χ1) is 49.4. The fourth-order valence-corrected chi connectivity index (χ4v) is 11.1. The van der Waals surface area contributed by atoms with Gasteiger partial charge in [-0.05, 0) is 12.1 Å². The molecule has 44 heteroatoms. The van der Waals surface area contributed by atoms with Gasteiger partial charge in [0, 0.05) is 12.1 Å². The van der Waals surface area contributed by atoms with Crippen LogP contribution >= 0.6 is 0 Å². The van der Waals surface area contributed by atoms with Gasteiger partial charge in [0.25, 0.3) is 0 Å². The molecular weight excluding hydrogens is 1570 g/mol. The molecule has 0 fully saturated rings. The summed E-state index contributed by atoms with van der Waals surface area (Å²) in [5, 5.41) is 0. The molecule has 0 radical (unpaired) electrons. The van der Waals surface area contributed by atoms with Gasteiger partial charge >= 0.3 is 0 Å². The lowest BCUT2D eigenvalue weighted by atomic mass is 9.12. The summed E-state index contributed by atoms with van der Waals surface area (Å²) in [4.78, 5) is 0. The van der Waals surface area contributed by atoms with E-state index in [4.69, 9.17) is 0 Å². The van der Waals surface area contributed by atoms with Gasteiger partial charge in [0.15, 0.2) is 152 Å². The Bertz CT molecular complexity index is 4220. The Labute approximate surface area is 567 Å². The number of hydrogen-bond acceptors (Lipinski definition) is 0. The summed E-state index contributed by atoms with van der Waals surface area (Å²) < 4.78 is 591. The van der Waals surface area contributed by atoms with Crippen molar-refractivity contribution in [2.45, 2.75) is 0 Å². The third kappa shape index (κ3) is 13.2. The van der Waals surface area contributed by atoms with Crippen molar-refractivity contribution in [3.63, 3.8) is 0 Å². The molecule has 107 heavy (non-hydrogen) atoms. The van der Waals surface area contributed by atoms with E-state index in [2.05, 4.69) is 45.4 Å². The van der Waals surface area contributed by atoms with E-state index in [1.54, 1.807) is 0 Å². The lowest BCUT2D eigenvalue weighted by Gasteiger charge is -2.44. The largest absolute Gasteiger partial charge is 0.298 e. The number of para-hydroxylation sites is 1. The number of rotatable bonds is 9. The van der Waals surface area contributed by atoms with Crippen LogP contribution in [0.5, 0.6) is 0 Å². The minimum Gasteiger partial charge on any atom is -0.298 e. The number of nitrogens with zero attached hydrogens (tertiary/aromatic N) is 2. The zero-order valence-electron chi connectivity index (χ0n) is 51.4. The highest BCUT2D eigenvalue weighted by Gasteiger charge is 2.55. The maximum atomic E-state index is 15.4. The normalized spacial score (nSPS) is 11.7. The van der Waals surface area contributed by atoms with Gasteiger partial charge in [0.05, 0.1) is 21.1 Å². The number of quaternary nitrogens is 1. The predicted molar refractivity (Wildman–Crippen MR) is 292 cm³/mol. The average Bonchev–Trinajstić information content (AvgIpc) is 0.687. The van der Waals surface area contributed by atoms with Crippen LogP contribution in [0.15, 0.2) is 60.9 Å². The van der Waals surface area contributed by atoms with Gasteiger partial charge in [-0.2, -0.15) is 0 Å². The van der Waals surface area contributed by atoms with Crippen LogP contribution in [0.25, 0.3) is 0 Å². The van der Waals surface area contributed by atoms with Gasteiger partial charge in [-0.15, -0.1) is 43.7 Å². The van der Waals surface area contributed by atoms with Gasteiger partial charge in [0.1, 0.15) is 118 Å². The number of hydrogen-bond donors (Lipinski definition) is 0. The Morgan fingerprint density at radius 3 is 0.383 bits per heavy atom. The maximum absolute atomic E-state index is 15.4. The van der Waals surface area contributed by atoms with Crippen molar-refractivity contribution in [2.24, 2.45) is 7.05 Å². The van der Waals surface area contributed by atoms with Crippen LogP contribution < -0.4 is 52.8 Å². The molecule has 0 aliphatic rings. The highest BCUT2D eigenvalue weighted by Crippen LogP contribution is 2.35. The summed E-state index contributed by atoms with van der Waals surface area (Å²) in [6.07, 6.45) is -10.4. The smallest absolute Gasteiger partial charge is 0.200 e. The van der Waals surface area contributed by atoms with E-state index in [1.165, 1.54) is 5.69 Å². The fourth-order valence-electron chi connectivity index (χ4n) is 11.1. The molecule has 0 spiro atoms. The molecule has 0 N–H and O–H groups in total. The highest BCUT2D eigenvalue weighted by atomic mass is 19.2. The second-order valence-corrected chi connectivity index (χ2v) is 22.5. The third-order valence-corrected chi connectivity index (χ3v) is 15.8. The summed E-state index contributed by atoms with van der Waals surface area (Å²) in [6, 6.07) is 16.5. The minimum atomic E-state index is -7.22. The number of aryl methyl sites for hydroxylation is 1. The van der Waals surface area contributed by atoms with Crippen molar-refractivity contribution in [3.05, 3.63) is 294 Å². The van der Waals surface area contributed by atoms with E-state index in [0.717, 1.165) is 4.48 Å². The predicted octanol–water partition coefficient (Wildman–Crippen LogP) is 14.1. The topological polar surface area (TPSA) is 3.88 Å². The highest BCUT2D eigenvalue weighted by molar-refractivity contribution is 7.21. The molecular formula is C63H22B2F40N2. The van der Waals surface area contributed by atoms with Crippen molar-refractivity contribution in [2.75, 3.05) is 21.1 Å². The minimum absolute atomic E-state index is 0.890. The molecule has 9 aromatic carbocycles. The second-order valence-electron chi connectivity index (χ2n) is 22.5. The molecule has 0 aliphatic heterocycles. The SMILES string of the molecule is C[N+](C)(C)c1ccccc1.C[n+]1ccccc1.Fc1c(F)c(F)c([B-](c2c(F)c(F)c(F)c(F)c2F)(c2c(F)c(F)c(F)c(F)c2F)c2c(F)c(F)c(F)c(F)c2F)c(F)c1F.Fc1c(F)c(F)c([B-](c2c(F)c(F)c(F)c(F)c2F)(c2c(F)c(F)c(F)c(F)c2F)c2c(F)c(F)c(F)c(F)c2F)c(F)c1F. The summed E-state index contributed by atoms with van der Waals surface area (Å²) in [5.41, 5.74) is -27.3. The fraction of sp³-hybridized carbons (Fsp3) is 0.0635. The molecule has 1 heterocycles. The lowest BCUT2D eigenvalue weighted by molar-refractivity contribution is -0.671. The summed E-state index contributed by atoms with van der Waals surface area (Å²) in [6.45, 7) is 0. The monoisotopic (exact) mass is 1590 g/mol. The van der Waals surface area contributed by atoms with Crippen molar-refractivity contribution in [1.82, 2.24) is 4.48 Å². The van der Waals surface area contributed by atoms with Crippen LogP contribution in [0.1, 0.15) is 0 Å². The van der Waals surface area contributed by atoms with E-state index in [1.807, 2.05) is 48.3 Å². The number of aromatic nitrogens is 1. The molecule has 0 amide bonds. The first-order valence-corrected chi connectivity index (χ1v) is 27.6. The summed E-state index contributed by atoms with van der Waals surface area (Å²) >= 11 is 0. The lowest BCUT2D eigenvalue weighted by Crippen LogP contribution is -2.81. The summed E-state index contributed by atoms with van der Waals surface area (Å²) in [5.74, 6) is -143. The number of pyridine rings is 1. The quantitative estimate of drug-likeness (QED) is 0.0339. The Morgan fingerprint density at radius 1 is 0.178 bits per heavy atom. The molecule has 0 unspecified atom stereocenters. The summed E-state index contributed by atoms with van der Waals surface area (Å²) in [7, 11) is 8.49. The molecule has 0 bridgehead atoms. The average molecular weight is 1590 g/mol. The molecule has 2 nitrogen and oxygen atoms in total. The zero-order chi connectivity index (χ0) is 81.4. The van der Waals surface area contributed by atoms with E-state index in [0.29, 0.717) is 0 Å². The van der Waals surface area contributed by atoms with Crippen LogP contribution in [0, 0.1) is 233 Å². The van der Waals surface area contributed by atoms with Crippen LogP contribution in [0.4, 0.5) is 181 Å². The Morgan fingerprint density at radius 2 is 0.290 bits per heavy atom. The van der Waals surface area contributed by atoms with Crippen LogP contribution in [-0.4, -0.2) is 33.4 Å². The number of halogens is 40. The van der Waals surface area contributed by atoms with Gasteiger partial charge < -0.3 is 0 Å². The van der Waals surface area contributed by atoms with Gasteiger partial charge in [-0.25, -0.2) is 180 Å². The molecule has 0 saturated heterocycles. The molecule has 10 aromatic rings. The molecule has 1 aromatic heterocycles. The van der Waals surface area contributed by atoms with Crippen molar-refractivity contribution in [3.8, 4) is 0 Å². The zero-order valence-corrected chi connectivity index (χ0v) is 51.4. The van der Waals surface area contributed by atoms with Gasteiger partial charge in [-0.1, -0.05) is 24.3 Å².